The lowest BCUT2D eigenvalue weighted by atomic mass is 10.2. The zero-order valence-electron chi connectivity index (χ0n) is 12.1. The summed E-state index contributed by atoms with van der Waals surface area (Å²) in [5.41, 5.74) is 0. The first kappa shape index (κ1) is 16.0. The number of aliphatic imine (C=N–C) groups is 1. The van der Waals surface area contributed by atoms with Crippen molar-refractivity contribution in [3.8, 4) is 0 Å². The Morgan fingerprint density at radius 1 is 1.44 bits per heavy atom. The first-order chi connectivity index (χ1) is 8.57. The van der Waals surface area contributed by atoms with Crippen molar-refractivity contribution in [3.05, 3.63) is 0 Å². The van der Waals surface area contributed by atoms with Gasteiger partial charge in [-0.1, -0.05) is 0 Å². The van der Waals surface area contributed by atoms with Crippen molar-refractivity contribution in [1.82, 2.24) is 10.6 Å². The summed E-state index contributed by atoms with van der Waals surface area (Å²) in [5, 5.41) is 7.56. The molecule has 1 saturated heterocycles. The summed E-state index contributed by atoms with van der Waals surface area (Å²) in [6.07, 6.45) is 4.85. The molecular weight excluding hydrogens is 262 g/mol. The number of rotatable bonds is 6. The third-order valence-corrected chi connectivity index (χ3v) is 5.67. The number of guanidine groups is 1. The maximum Gasteiger partial charge on any atom is 0.191 e. The fourth-order valence-electron chi connectivity index (χ4n) is 1.69. The van der Waals surface area contributed by atoms with Gasteiger partial charge in [0.15, 0.2) is 5.96 Å². The highest BCUT2D eigenvalue weighted by molar-refractivity contribution is 8.00. The Morgan fingerprint density at radius 2 is 2.22 bits per heavy atom. The molecule has 1 fully saturated rings. The summed E-state index contributed by atoms with van der Waals surface area (Å²) >= 11 is 3.94. The quantitative estimate of drug-likeness (QED) is 0.582. The van der Waals surface area contributed by atoms with Crippen LogP contribution in [-0.2, 0) is 0 Å². The van der Waals surface area contributed by atoms with Crippen molar-refractivity contribution in [3.63, 3.8) is 0 Å². The highest BCUT2D eigenvalue weighted by Crippen LogP contribution is 2.25. The summed E-state index contributed by atoms with van der Waals surface area (Å²) in [5.74, 6) is 2.28. The van der Waals surface area contributed by atoms with E-state index in [2.05, 4.69) is 54.4 Å². The van der Waals surface area contributed by atoms with Gasteiger partial charge in [0.25, 0.3) is 0 Å². The van der Waals surface area contributed by atoms with E-state index in [1.807, 2.05) is 11.8 Å². The van der Waals surface area contributed by atoms with Gasteiger partial charge < -0.3 is 10.6 Å². The van der Waals surface area contributed by atoms with Gasteiger partial charge in [-0.3, -0.25) is 4.99 Å². The van der Waals surface area contributed by atoms with Crippen molar-refractivity contribution >= 4 is 29.5 Å². The van der Waals surface area contributed by atoms with Crippen LogP contribution in [0.4, 0.5) is 0 Å². The zero-order chi connectivity index (χ0) is 13.4. The van der Waals surface area contributed by atoms with Gasteiger partial charge in [0.05, 0.1) is 6.54 Å². The Balaban J connectivity index is 2.39. The standard InChI is InChI=1S/C13H27N3S2/c1-5-14-12(16-10-13(2,3)17-4)15-9-11-7-6-8-18-11/h11H,5-10H2,1-4H3,(H2,14,15,16). The molecule has 3 nitrogen and oxygen atoms in total. The topological polar surface area (TPSA) is 36.4 Å². The molecule has 1 atom stereocenters. The molecule has 0 radical (unpaired) electrons. The minimum atomic E-state index is 0.213. The van der Waals surface area contributed by atoms with Crippen LogP contribution >= 0.6 is 23.5 Å². The van der Waals surface area contributed by atoms with Crippen molar-refractivity contribution < 1.29 is 0 Å². The lowest BCUT2D eigenvalue weighted by Gasteiger charge is -2.21. The molecule has 0 aromatic heterocycles. The molecule has 0 aromatic carbocycles. The third-order valence-electron chi connectivity index (χ3n) is 3.04. The maximum atomic E-state index is 4.68. The van der Waals surface area contributed by atoms with E-state index in [9.17, 15) is 0 Å². The summed E-state index contributed by atoms with van der Waals surface area (Å²) in [6, 6.07) is 0. The summed E-state index contributed by atoms with van der Waals surface area (Å²) < 4.78 is 0.213. The van der Waals surface area contributed by atoms with Gasteiger partial charge in [-0.25, -0.2) is 0 Å². The second-order valence-electron chi connectivity index (χ2n) is 5.17. The highest BCUT2D eigenvalue weighted by atomic mass is 32.2. The number of hydrogen-bond donors (Lipinski definition) is 2. The van der Waals surface area contributed by atoms with E-state index in [1.54, 1.807) is 0 Å². The predicted octanol–water partition coefficient (Wildman–Crippen LogP) is 2.58. The zero-order valence-corrected chi connectivity index (χ0v) is 13.7. The first-order valence-electron chi connectivity index (χ1n) is 6.76. The van der Waals surface area contributed by atoms with E-state index in [-0.39, 0.29) is 4.75 Å². The molecule has 1 unspecified atom stereocenters. The van der Waals surface area contributed by atoms with E-state index < -0.39 is 0 Å². The van der Waals surface area contributed by atoms with E-state index in [4.69, 9.17) is 0 Å². The van der Waals surface area contributed by atoms with Crippen molar-refractivity contribution in [2.45, 2.75) is 43.6 Å². The molecular formula is C13H27N3S2. The molecule has 5 heteroatoms. The van der Waals surface area contributed by atoms with Gasteiger partial charge in [-0.2, -0.15) is 23.5 Å². The predicted molar refractivity (Wildman–Crippen MR) is 87.1 cm³/mol. The van der Waals surface area contributed by atoms with Gasteiger partial charge in [-0.15, -0.1) is 0 Å². The van der Waals surface area contributed by atoms with Gasteiger partial charge in [0, 0.05) is 23.1 Å². The third kappa shape index (κ3) is 6.23. The van der Waals surface area contributed by atoms with Gasteiger partial charge in [-0.05, 0) is 45.6 Å². The molecule has 0 aliphatic carbocycles. The average Bonchev–Trinajstić information content (AvgIpc) is 2.86. The lowest BCUT2D eigenvalue weighted by Crippen LogP contribution is -2.41. The van der Waals surface area contributed by atoms with Crippen molar-refractivity contribution in [1.29, 1.82) is 0 Å². The van der Waals surface area contributed by atoms with Crippen LogP contribution in [0.3, 0.4) is 0 Å². The van der Waals surface area contributed by atoms with Crippen LogP contribution in [0.5, 0.6) is 0 Å². The second-order valence-corrected chi connectivity index (χ2v) is 8.10. The fourth-order valence-corrected chi connectivity index (χ4v) is 3.09. The normalized spacial score (nSPS) is 21.1. The molecule has 2 N–H and O–H groups in total. The molecule has 0 bridgehead atoms. The Hall–Kier alpha value is -0.0300. The molecule has 1 heterocycles. The number of thioether (sulfide) groups is 2. The Labute approximate surface area is 120 Å². The number of hydrogen-bond acceptors (Lipinski definition) is 3. The van der Waals surface area contributed by atoms with Crippen LogP contribution in [0, 0.1) is 0 Å². The van der Waals surface area contributed by atoms with Gasteiger partial charge >= 0.3 is 0 Å². The largest absolute Gasteiger partial charge is 0.357 e. The fraction of sp³-hybridized carbons (Fsp3) is 0.923. The molecule has 106 valence electrons. The number of nitrogens with one attached hydrogen (secondary N) is 2. The molecule has 0 saturated carbocycles. The van der Waals surface area contributed by atoms with Crippen LogP contribution in [-0.4, -0.2) is 47.6 Å². The van der Waals surface area contributed by atoms with E-state index >= 15 is 0 Å². The van der Waals surface area contributed by atoms with Crippen LogP contribution in [0.2, 0.25) is 0 Å². The molecule has 18 heavy (non-hydrogen) atoms. The van der Waals surface area contributed by atoms with E-state index in [1.165, 1.54) is 18.6 Å². The molecule has 1 aliphatic heterocycles. The Kier molecular flexibility index (Phi) is 7.30. The van der Waals surface area contributed by atoms with Crippen molar-refractivity contribution in [2.24, 2.45) is 4.99 Å². The molecule has 1 rings (SSSR count). The summed E-state index contributed by atoms with van der Waals surface area (Å²) in [6.45, 7) is 9.39. The Morgan fingerprint density at radius 3 is 2.78 bits per heavy atom. The molecule has 0 spiro atoms. The Bertz CT molecular complexity index is 261. The molecule has 0 aromatic rings. The molecule has 1 aliphatic rings. The van der Waals surface area contributed by atoms with Crippen molar-refractivity contribution in [2.75, 3.05) is 31.6 Å². The minimum Gasteiger partial charge on any atom is -0.357 e. The summed E-state index contributed by atoms with van der Waals surface area (Å²) in [7, 11) is 0. The van der Waals surface area contributed by atoms with E-state index in [0.717, 1.165) is 30.8 Å². The smallest absolute Gasteiger partial charge is 0.191 e. The number of nitrogens with zero attached hydrogens (tertiary/aromatic N) is 1. The SMILES string of the molecule is CCNC(=NCC(C)(C)SC)NCC1CCCS1. The highest BCUT2D eigenvalue weighted by Gasteiger charge is 2.17. The van der Waals surface area contributed by atoms with Gasteiger partial charge in [0.2, 0.25) is 0 Å². The lowest BCUT2D eigenvalue weighted by molar-refractivity contribution is 0.698. The van der Waals surface area contributed by atoms with Crippen LogP contribution in [0.25, 0.3) is 0 Å². The van der Waals surface area contributed by atoms with Crippen LogP contribution in [0.1, 0.15) is 33.6 Å². The molecule has 0 amide bonds. The minimum absolute atomic E-state index is 0.213. The monoisotopic (exact) mass is 289 g/mol. The maximum absolute atomic E-state index is 4.68. The average molecular weight is 290 g/mol. The first-order valence-corrected chi connectivity index (χ1v) is 9.03. The second kappa shape index (κ2) is 8.20. The summed E-state index contributed by atoms with van der Waals surface area (Å²) in [4.78, 5) is 4.68. The van der Waals surface area contributed by atoms with E-state index in [0.29, 0.717) is 0 Å². The van der Waals surface area contributed by atoms with Crippen LogP contribution < -0.4 is 10.6 Å². The van der Waals surface area contributed by atoms with Gasteiger partial charge in [0.1, 0.15) is 0 Å². The van der Waals surface area contributed by atoms with Crippen LogP contribution in [0.15, 0.2) is 4.99 Å².